The molecule has 0 saturated carbocycles. The van der Waals surface area contributed by atoms with Crippen LogP contribution in [0.2, 0.25) is 0 Å². The minimum Gasteiger partial charge on any atom is -0.378 e. The zero-order valence-corrected chi connectivity index (χ0v) is 23.0. The average Bonchev–Trinajstić information content (AvgIpc) is 3.26. The zero-order chi connectivity index (χ0) is 26.4. The Hall–Kier alpha value is -3.61. The molecule has 2 aliphatic heterocycles. The van der Waals surface area contributed by atoms with Crippen LogP contribution in [0, 0.1) is 0 Å². The Bertz CT molecular complexity index is 1390. The van der Waals surface area contributed by atoms with Gasteiger partial charge in [-0.25, -0.2) is 0 Å². The minimum absolute atomic E-state index is 0.0497. The Morgan fingerprint density at radius 1 is 0.846 bits per heavy atom. The number of nitrogens with zero attached hydrogens (tertiary/aromatic N) is 3. The van der Waals surface area contributed by atoms with Gasteiger partial charge in [0.15, 0.2) is 4.90 Å². The summed E-state index contributed by atoms with van der Waals surface area (Å²) in [6, 6.07) is 33.5. The Labute approximate surface area is 234 Å². The van der Waals surface area contributed by atoms with E-state index < -0.39 is 0 Å². The van der Waals surface area contributed by atoms with Gasteiger partial charge in [0.25, 0.3) is 5.91 Å². The third kappa shape index (κ3) is 5.87. The Kier molecular flexibility index (Phi) is 7.93. The van der Waals surface area contributed by atoms with Crippen molar-refractivity contribution in [1.82, 2.24) is 9.88 Å². The maximum atomic E-state index is 14.0. The van der Waals surface area contributed by atoms with E-state index in [-0.39, 0.29) is 11.9 Å². The van der Waals surface area contributed by atoms with E-state index in [0.29, 0.717) is 19.8 Å². The molecule has 0 radical (unpaired) electrons. The number of carbonyl (C=O) groups is 1. The highest BCUT2D eigenvalue weighted by atomic mass is 32.2. The quantitative estimate of drug-likeness (QED) is 0.220. The van der Waals surface area contributed by atoms with Crippen molar-refractivity contribution in [2.24, 2.45) is 0 Å². The molecule has 1 saturated heterocycles. The number of ether oxygens (including phenoxy) is 1. The summed E-state index contributed by atoms with van der Waals surface area (Å²) < 4.78 is 5.64. The third-order valence-electron chi connectivity index (χ3n) is 7.54. The number of carbonyl (C=O) groups excluding carboxylic acids is 1. The van der Waals surface area contributed by atoms with Crippen LogP contribution in [0.5, 0.6) is 0 Å². The first kappa shape index (κ1) is 25.7. The number of rotatable bonds is 9. The van der Waals surface area contributed by atoms with Gasteiger partial charge in [-0.1, -0.05) is 78.9 Å². The molecule has 6 rings (SSSR count). The number of anilines is 1. The van der Waals surface area contributed by atoms with Crippen molar-refractivity contribution in [2.45, 2.75) is 23.8 Å². The highest BCUT2D eigenvalue weighted by molar-refractivity contribution is 7.78. The summed E-state index contributed by atoms with van der Waals surface area (Å²) in [5, 5.41) is 0. The lowest BCUT2D eigenvalue weighted by Gasteiger charge is -2.30. The summed E-state index contributed by atoms with van der Waals surface area (Å²) in [4.78, 5) is 25.0. The van der Waals surface area contributed by atoms with Gasteiger partial charge in [-0.2, -0.15) is 0 Å². The summed E-state index contributed by atoms with van der Waals surface area (Å²) in [7, 11) is 0. The SMILES string of the molecule is O=C1c2cc(N3CCOCC3)c(Cc3ccccc3)nc2C(C[SH+]c2ccccc2)N1CCc1ccccc1. The smallest absolute Gasteiger partial charge is 0.256 e. The van der Waals surface area contributed by atoms with Crippen LogP contribution in [0.3, 0.4) is 0 Å². The Balaban J connectivity index is 1.36. The first-order valence-corrected chi connectivity index (χ1v) is 14.8. The molecule has 1 fully saturated rings. The number of hydrogen-bond donors (Lipinski definition) is 0. The number of amides is 1. The third-order valence-corrected chi connectivity index (χ3v) is 8.74. The van der Waals surface area contributed by atoms with E-state index in [9.17, 15) is 4.79 Å². The fourth-order valence-corrected chi connectivity index (χ4v) is 6.62. The van der Waals surface area contributed by atoms with E-state index >= 15 is 0 Å². The number of morpholine rings is 1. The first-order chi connectivity index (χ1) is 19.3. The number of thiol groups is 1. The summed E-state index contributed by atoms with van der Waals surface area (Å²) in [6.45, 7) is 3.68. The molecule has 0 bridgehead atoms. The molecule has 0 aliphatic carbocycles. The lowest BCUT2D eigenvalue weighted by Crippen LogP contribution is -2.37. The van der Waals surface area contributed by atoms with Gasteiger partial charge in [0.2, 0.25) is 0 Å². The predicted octanol–water partition coefficient (Wildman–Crippen LogP) is 5.12. The lowest BCUT2D eigenvalue weighted by atomic mass is 10.0. The van der Waals surface area contributed by atoms with Crippen molar-refractivity contribution in [3.05, 3.63) is 125 Å². The number of fused-ring (bicyclic) bond motifs is 1. The average molecular weight is 537 g/mol. The monoisotopic (exact) mass is 536 g/mol. The van der Waals surface area contributed by atoms with Crippen molar-refractivity contribution in [3.8, 4) is 0 Å². The van der Waals surface area contributed by atoms with Crippen molar-refractivity contribution in [2.75, 3.05) is 43.5 Å². The van der Waals surface area contributed by atoms with Crippen molar-refractivity contribution in [3.63, 3.8) is 0 Å². The number of hydrogen-bond acceptors (Lipinski definition) is 4. The van der Waals surface area contributed by atoms with Crippen LogP contribution >= 0.6 is 0 Å². The second kappa shape index (κ2) is 12.1. The molecule has 39 heavy (non-hydrogen) atoms. The first-order valence-electron chi connectivity index (χ1n) is 13.7. The van der Waals surface area contributed by atoms with Gasteiger partial charge in [-0.3, -0.25) is 9.78 Å². The van der Waals surface area contributed by atoms with Gasteiger partial charge in [-0.05, 0) is 35.7 Å². The molecule has 6 heteroatoms. The predicted molar refractivity (Wildman–Crippen MR) is 159 cm³/mol. The Morgan fingerprint density at radius 2 is 1.49 bits per heavy atom. The Morgan fingerprint density at radius 3 is 2.18 bits per heavy atom. The minimum atomic E-state index is -0.0497. The number of aromatic nitrogens is 1. The van der Waals surface area contributed by atoms with Crippen molar-refractivity contribution < 1.29 is 9.53 Å². The molecule has 3 aromatic carbocycles. The fraction of sp³-hybridized carbons (Fsp3) is 0.273. The van der Waals surface area contributed by atoms with Gasteiger partial charge in [-0.15, -0.1) is 0 Å². The maximum Gasteiger partial charge on any atom is 0.256 e. The molecule has 1 aromatic heterocycles. The fourth-order valence-electron chi connectivity index (χ4n) is 5.49. The normalized spacial score (nSPS) is 16.9. The molecule has 3 heterocycles. The van der Waals surface area contributed by atoms with Gasteiger partial charge in [0, 0.05) is 37.8 Å². The van der Waals surface area contributed by atoms with Crippen molar-refractivity contribution in [1.29, 1.82) is 0 Å². The van der Waals surface area contributed by atoms with Crippen LogP contribution < -0.4 is 4.90 Å². The second-order valence-electron chi connectivity index (χ2n) is 10.1. The van der Waals surface area contributed by atoms with E-state index in [2.05, 4.69) is 88.7 Å². The molecule has 4 aromatic rings. The summed E-state index contributed by atoms with van der Waals surface area (Å²) in [5.41, 5.74) is 6.27. The van der Waals surface area contributed by atoms with Crippen LogP contribution in [0.4, 0.5) is 5.69 Å². The summed E-state index contributed by atoms with van der Waals surface area (Å²) >= 11 is 1.20. The van der Waals surface area contributed by atoms with Crippen LogP contribution in [0.25, 0.3) is 0 Å². The molecule has 5 nitrogen and oxygen atoms in total. The van der Waals surface area contributed by atoms with Gasteiger partial charge in [0.05, 0.1) is 35.9 Å². The topological polar surface area (TPSA) is 45.7 Å². The van der Waals surface area contributed by atoms with Gasteiger partial charge < -0.3 is 14.5 Å². The number of benzene rings is 3. The highest BCUT2D eigenvalue weighted by Crippen LogP contribution is 2.37. The number of pyridine rings is 1. The standard InChI is InChI=1S/C33H33N3O2S/c37-33-28-23-30(35-18-20-38-21-19-35)29(22-26-12-6-2-7-13-26)34-32(28)31(24-39-27-14-8-3-9-15-27)36(33)17-16-25-10-4-1-5-11-25/h1-15,23,31H,16-22,24H2/p+1. The van der Waals surface area contributed by atoms with E-state index in [4.69, 9.17) is 9.72 Å². The van der Waals surface area contributed by atoms with Gasteiger partial charge >= 0.3 is 0 Å². The maximum absolute atomic E-state index is 14.0. The lowest BCUT2D eigenvalue weighted by molar-refractivity contribution is 0.0741. The van der Waals surface area contributed by atoms with Crippen LogP contribution in [-0.4, -0.2) is 54.4 Å². The largest absolute Gasteiger partial charge is 0.378 e. The van der Waals surface area contributed by atoms with E-state index in [1.54, 1.807) is 0 Å². The van der Waals surface area contributed by atoms with Crippen LogP contribution in [-0.2, 0) is 29.3 Å². The van der Waals surface area contributed by atoms with E-state index in [1.807, 2.05) is 18.2 Å². The molecule has 1 unspecified atom stereocenters. The molecule has 0 N–H and O–H groups in total. The molecule has 1 atom stereocenters. The summed E-state index contributed by atoms with van der Waals surface area (Å²) in [6.07, 6.45) is 1.56. The van der Waals surface area contributed by atoms with E-state index in [0.717, 1.165) is 54.3 Å². The van der Waals surface area contributed by atoms with Crippen molar-refractivity contribution >= 4 is 23.4 Å². The highest BCUT2D eigenvalue weighted by Gasteiger charge is 2.41. The molecule has 0 spiro atoms. The zero-order valence-electron chi connectivity index (χ0n) is 22.1. The summed E-state index contributed by atoms with van der Waals surface area (Å²) in [5.74, 6) is 0.925. The van der Waals surface area contributed by atoms with Gasteiger partial charge in [0.1, 0.15) is 11.8 Å². The second-order valence-corrected chi connectivity index (χ2v) is 11.3. The molecular weight excluding hydrogens is 502 g/mol. The molecule has 1 amide bonds. The molecule has 198 valence electrons. The van der Waals surface area contributed by atoms with Crippen LogP contribution in [0.1, 0.15) is 38.9 Å². The molecule has 2 aliphatic rings. The van der Waals surface area contributed by atoms with E-state index in [1.165, 1.54) is 27.8 Å². The van der Waals surface area contributed by atoms with Crippen LogP contribution in [0.15, 0.2) is 102 Å². The molecular formula is C33H34N3O2S+.